The summed E-state index contributed by atoms with van der Waals surface area (Å²) in [5.41, 5.74) is 4.84. The zero-order chi connectivity index (χ0) is 14.7. The predicted molar refractivity (Wildman–Crippen MR) is 85.4 cm³/mol. The molecule has 2 aromatic carbocycles. The molecule has 0 aliphatic heterocycles. The summed E-state index contributed by atoms with van der Waals surface area (Å²) in [5.74, 6) is -0.0131. The number of benzene rings is 2. The Bertz CT molecular complexity index is 633. The number of hydrogen-bond acceptors (Lipinski definition) is 1. The quantitative estimate of drug-likeness (QED) is 0.902. The molecule has 0 aromatic heterocycles. The van der Waals surface area contributed by atoms with Crippen molar-refractivity contribution in [2.24, 2.45) is 0 Å². The first-order valence-corrected chi connectivity index (χ1v) is 7.71. The van der Waals surface area contributed by atoms with Gasteiger partial charge in [0.05, 0.1) is 6.04 Å². The van der Waals surface area contributed by atoms with E-state index in [1.54, 1.807) is 0 Å². The fraction of sp³-hybridized carbons (Fsp3) is 0.316. The highest BCUT2D eigenvalue weighted by molar-refractivity contribution is 5.94. The SMILES string of the molecule is C[C@H](NC(=O)c1ccccc1)c1ccc2c(c1)CCCC2. The van der Waals surface area contributed by atoms with Crippen LogP contribution in [0.5, 0.6) is 0 Å². The van der Waals surface area contributed by atoms with E-state index in [0.29, 0.717) is 5.56 Å². The van der Waals surface area contributed by atoms with Gasteiger partial charge in [-0.1, -0.05) is 36.4 Å². The number of carbonyl (C=O) groups excluding carboxylic acids is 1. The minimum absolute atomic E-state index is 0.0131. The lowest BCUT2D eigenvalue weighted by Gasteiger charge is -2.20. The third-order valence-electron chi connectivity index (χ3n) is 4.26. The molecule has 0 saturated heterocycles. The monoisotopic (exact) mass is 279 g/mol. The van der Waals surface area contributed by atoms with Gasteiger partial charge in [-0.25, -0.2) is 0 Å². The fourth-order valence-corrected chi connectivity index (χ4v) is 2.98. The number of carbonyl (C=O) groups is 1. The number of fused-ring (bicyclic) bond motifs is 1. The first kappa shape index (κ1) is 13.9. The maximum Gasteiger partial charge on any atom is 0.251 e. The maximum atomic E-state index is 12.2. The van der Waals surface area contributed by atoms with Crippen molar-refractivity contribution in [2.75, 3.05) is 0 Å². The fourth-order valence-electron chi connectivity index (χ4n) is 2.98. The summed E-state index contributed by atoms with van der Waals surface area (Å²) in [4.78, 5) is 12.2. The molecule has 0 radical (unpaired) electrons. The van der Waals surface area contributed by atoms with E-state index in [4.69, 9.17) is 0 Å². The predicted octanol–water partition coefficient (Wildman–Crippen LogP) is 4.06. The van der Waals surface area contributed by atoms with Crippen molar-refractivity contribution in [3.8, 4) is 0 Å². The number of aryl methyl sites for hydroxylation is 2. The zero-order valence-corrected chi connectivity index (χ0v) is 12.4. The average molecular weight is 279 g/mol. The van der Waals surface area contributed by atoms with Crippen molar-refractivity contribution in [1.29, 1.82) is 0 Å². The zero-order valence-electron chi connectivity index (χ0n) is 12.4. The number of amides is 1. The van der Waals surface area contributed by atoms with Crippen molar-refractivity contribution < 1.29 is 4.79 Å². The molecule has 21 heavy (non-hydrogen) atoms. The highest BCUT2D eigenvalue weighted by Gasteiger charge is 2.14. The number of hydrogen-bond donors (Lipinski definition) is 1. The molecule has 0 unspecified atom stereocenters. The third-order valence-corrected chi connectivity index (χ3v) is 4.26. The Morgan fingerprint density at radius 1 is 1.00 bits per heavy atom. The molecule has 2 nitrogen and oxygen atoms in total. The highest BCUT2D eigenvalue weighted by atomic mass is 16.1. The van der Waals surface area contributed by atoms with Crippen molar-refractivity contribution in [1.82, 2.24) is 5.32 Å². The van der Waals surface area contributed by atoms with Crippen molar-refractivity contribution in [3.05, 3.63) is 70.8 Å². The maximum absolute atomic E-state index is 12.2. The van der Waals surface area contributed by atoms with Gasteiger partial charge in [0.1, 0.15) is 0 Å². The largest absolute Gasteiger partial charge is 0.346 e. The van der Waals surface area contributed by atoms with Gasteiger partial charge < -0.3 is 5.32 Å². The summed E-state index contributed by atoms with van der Waals surface area (Å²) in [6.45, 7) is 2.05. The molecule has 1 aliphatic carbocycles. The second-order valence-corrected chi connectivity index (χ2v) is 5.80. The van der Waals surface area contributed by atoms with E-state index >= 15 is 0 Å². The van der Waals surface area contributed by atoms with E-state index in [1.807, 2.05) is 37.3 Å². The lowest BCUT2D eigenvalue weighted by Crippen LogP contribution is -2.26. The summed E-state index contributed by atoms with van der Waals surface area (Å²) in [7, 11) is 0. The molecule has 0 bridgehead atoms. The molecule has 1 aliphatic rings. The summed E-state index contributed by atoms with van der Waals surface area (Å²) in [5, 5.41) is 3.08. The minimum atomic E-state index is -0.0131. The Kier molecular flexibility index (Phi) is 4.05. The highest BCUT2D eigenvalue weighted by Crippen LogP contribution is 2.24. The number of nitrogens with one attached hydrogen (secondary N) is 1. The van der Waals surface area contributed by atoms with E-state index in [0.717, 1.165) is 0 Å². The van der Waals surface area contributed by atoms with Gasteiger partial charge in [-0.2, -0.15) is 0 Å². The lowest BCUT2D eigenvalue weighted by molar-refractivity contribution is 0.0940. The molecule has 0 heterocycles. The molecular formula is C19H21NO. The van der Waals surface area contributed by atoms with Crippen LogP contribution in [0.1, 0.15) is 52.9 Å². The molecule has 1 N–H and O–H groups in total. The normalized spacial score (nSPS) is 15.1. The Hall–Kier alpha value is -2.09. The molecule has 0 fully saturated rings. The molecule has 2 aromatic rings. The first-order valence-electron chi connectivity index (χ1n) is 7.71. The van der Waals surface area contributed by atoms with Gasteiger partial charge in [-0.05, 0) is 61.4 Å². The lowest BCUT2D eigenvalue weighted by atomic mass is 9.89. The van der Waals surface area contributed by atoms with Gasteiger partial charge >= 0.3 is 0 Å². The van der Waals surface area contributed by atoms with Crippen molar-refractivity contribution in [2.45, 2.75) is 38.6 Å². The average Bonchev–Trinajstić information content (AvgIpc) is 2.55. The Balaban J connectivity index is 1.73. The molecule has 3 rings (SSSR count). The van der Waals surface area contributed by atoms with E-state index < -0.39 is 0 Å². The van der Waals surface area contributed by atoms with E-state index in [9.17, 15) is 4.79 Å². The summed E-state index contributed by atoms with van der Waals surface area (Å²) < 4.78 is 0. The Labute approximate surface area is 126 Å². The van der Waals surface area contributed by atoms with Crippen LogP contribution in [0, 0.1) is 0 Å². The van der Waals surface area contributed by atoms with Crippen LogP contribution in [-0.2, 0) is 12.8 Å². The van der Waals surface area contributed by atoms with E-state index in [-0.39, 0.29) is 11.9 Å². The van der Waals surface area contributed by atoms with Gasteiger partial charge in [0.15, 0.2) is 0 Å². The van der Waals surface area contributed by atoms with Crippen LogP contribution in [0.15, 0.2) is 48.5 Å². The molecular weight excluding hydrogens is 258 g/mol. The molecule has 108 valence electrons. The van der Waals surface area contributed by atoms with Crippen LogP contribution >= 0.6 is 0 Å². The topological polar surface area (TPSA) is 29.1 Å². The van der Waals surface area contributed by atoms with Gasteiger partial charge in [0, 0.05) is 5.56 Å². The van der Waals surface area contributed by atoms with Crippen molar-refractivity contribution in [3.63, 3.8) is 0 Å². The molecule has 0 spiro atoms. The van der Waals surface area contributed by atoms with Gasteiger partial charge in [-0.15, -0.1) is 0 Å². The second-order valence-electron chi connectivity index (χ2n) is 5.80. The molecule has 2 heteroatoms. The van der Waals surface area contributed by atoms with Crippen LogP contribution in [0.25, 0.3) is 0 Å². The van der Waals surface area contributed by atoms with Crippen LogP contribution in [0.3, 0.4) is 0 Å². The summed E-state index contributed by atoms with van der Waals surface area (Å²) in [6.07, 6.45) is 4.94. The van der Waals surface area contributed by atoms with Crippen LogP contribution < -0.4 is 5.32 Å². The van der Waals surface area contributed by atoms with Gasteiger partial charge in [0.2, 0.25) is 0 Å². The molecule has 0 saturated carbocycles. The smallest absolute Gasteiger partial charge is 0.251 e. The summed E-state index contributed by atoms with van der Waals surface area (Å²) >= 11 is 0. The van der Waals surface area contributed by atoms with E-state index in [1.165, 1.54) is 42.4 Å². The number of rotatable bonds is 3. The van der Waals surface area contributed by atoms with Crippen LogP contribution in [-0.4, -0.2) is 5.91 Å². The molecule has 1 atom stereocenters. The molecule has 1 amide bonds. The minimum Gasteiger partial charge on any atom is -0.346 e. The third kappa shape index (κ3) is 3.15. The van der Waals surface area contributed by atoms with Gasteiger partial charge in [0.25, 0.3) is 5.91 Å². The van der Waals surface area contributed by atoms with Crippen LogP contribution in [0.4, 0.5) is 0 Å². The Morgan fingerprint density at radius 3 is 2.48 bits per heavy atom. The van der Waals surface area contributed by atoms with Crippen molar-refractivity contribution >= 4 is 5.91 Å². The first-order chi connectivity index (χ1) is 10.2. The van der Waals surface area contributed by atoms with Gasteiger partial charge in [-0.3, -0.25) is 4.79 Å². The Morgan fingerprint density at radius 2 is 1.71 bits per heavy atom. The second kappa shape index (κ2) is 6.13. The van der Waals surface area contributed by atoms with E-state index in [2.05, 4.69) is 23.5 Å². The van der Waals surface area contributed by atoms with Crippen LogP contribution in [0.2, 0.25) is 0 Å². The summed E-state index contributed by atoms with van der Waals surface area (Å²) in [6, 6.07) is 16.1. The standard InChI is InChI=1S/C19H21NO/c1-14(20-19(21)16-8-3-2-4-9-16)17-12-11-15-7-5-6-10-18(15)13-17/h2-4,8-9,11-14H,5-7,10H2,1H3,(H,20,21)/t14-/m0/s1.